The molecule has 5 nitrogen and oxygen atoms in total. The van der Waals surface area contributed by atoms with E-state index in [9.17, 15) is 0 Å². The Morgan fingerprint density at radius 3 is 2.71 bits per heavy atom. The number of benzene rings is 1. The van der Waals surface area contributed by atoms with E-state index < -0.39 is 0 Å². The number of rotatable bonds is 6. The minimum atomic E-state index is 0.240. The van der Waals surface area contributed by atoms with Gasteiger partial charge in [-0.15, -0.1) is 11.3 Å². The van der Waals surface area contributed by atoms with Gasteiger partial charge in [0.25, 0.3) is 0 Å². The van der Waals surface area contributed by atoms with Gasteiger partial charge in [-0.05, 0) is 18.2 Å². The van der Waals surface area contributed by atoms with Crippen molar-refractivity contribution >= 4 is 27.3 Å². The molecule has 130 valence electrons. The van der Waals surface area contributed by atoms with E-state index in [4.69, 9.17) is 14.8 Å². The molecule has 1 aliphatic rings. The van der Waals surface area contributed by atoms with E-state index in [1.165, 1.54) is 0 Å². The van der Waals surface area contributed by atoms with Gasteiger partial charge in [-0.1, -0.05) is 15.9 Å². The number of halogens is 1. The van der Waals surface area contributed by atoms with Crippen LogP contribution in [0.3, 0.4) is 0 Å². The molecule has 1 fully saturated rings. The van der Waals surface area contributed by atoms with Crippen molar-refractivity contribution in [1.82, 2.24) is 14.8 Å². The lowest BCUT2D eigenvalue weighted by Gasteiger charge is -2.33. The SMILES string of the molecule is COc1ccc(Br)cc1-c1nc(CN2CCN(CCO)CC2)cs1. The van der Waals surface area contributed by atoms with Crippen LogP contribution in [0.15, 0.2) is 28.1 Å². The molecule has 0 unspecified atom stereocenters. The van der Waals surface area contributed by atoms with Gasteiger partial charge in [0.05, 0.1) is 25.0 Å². The average molecular weight is 412 g/mol. The number of thiazole rings is 1. The summed E-state index contributed by atoms with van der Waals surface area (Å²) >= 11 is 5.17. The van der Waals surface area contributed by atoms with E-state index in [2.05, 4.69) is 37.2 Å². The predicted octanol–water partition coefficient (Wildman–Crippen LogP) is 2.69. The Morgan fingerprint density at radius 1 is 1.25 bits per heavy atom. The molecule has 2 heterocycles. The molecular weight excluding hydrogens is 390 g/mol. The Labute approximate surface area is 155 Å². The van der Waals surface area contributed by atoms with Crippen molar-refractivity contribution in [3.8, 4) is 16.3 Å². The summed E-state index contributed by atoms with van der Waals surface area (Å²) in [5.74, 6) is 0.844. The molecule has 1 aromatic carbocycles. The number of aromatic nitrogens is 1. The van der Waals surface area contributed by atoms with Crippen molar-refractivity contribution in [3.05, 3.63) is 33.7 Å². The van der Waals surface area contributed by atoms with Gasteiger partial charge in [0.2, 0.25) is 0 Å². The maximum atomic E-state index is 9.02. The summed E-state index contributed by atoms with van der Waals surface area (Å²) in [7, 11) is 1.69. The first-order chi connectivity index (χ1) is 11.7. The number of hydrogen-bond donors (Lipinski definition) is 1. The lowest BCUT2D eigenvalue weighted by molar-refractivity contribution is 0.108. The molecule has 7 heteroatoms. The number of aliphatic hydroxyl groups is 1. The minimum absolute atomic E-state index is 0.240. The van der Waals surface area contributed by atoms with Crippen LogP contribution in [0.1, 0.15) is 5.69 Å². The van der Waals surface area contributed by atoms with Crippen LogP contribution in [0.4, 0.5) is 0 Å². The van der Waals surface area contributed by atoms with E-state index >= 15 is 0 Å². The molecule has 0 atom stereocenters. The van der Waals surface area contributed by atoms with Crippen LogP contribution in [-0.4, -0.2) is 66.3 Å². The highest BCUT2D eigenvalue weighted by atomic mass is 79.9. The summed E-state index contributed by atoms with van der Waals surface area (Å²) in [4.78, 5) is 9.52. The Morgan fingerprint density at radius 2 is 2.00 bits per heavy atom. The van der Waals surface area contributed by atoms with Crippen LogP contribution >= 0.6 is 27.3 Å². The number of β-amino-alcohol motifs (C(OH)–C–C–N with tert-alkyl or cyclic N) is 1. The van der Waals surface area contributed by atoms with Crippen LogP contribution in [0.25, 0.3) is 10.6 Å². The molecule has 3 rings (SSSR count). The highest BCUT2D eigenvalue weighted by molar-refractivity contribution is 9.10. The molecule has 1 aromatic heterocycles. The van der Waals surface area contributed by atoms with Gasteiger partial charge >= 0.3 is 0 Å². The fourth-order valence-electron chi connectivity index (χ4n) is 2.89. The van der Waals surface area contributed by atoms with Gasteiger partial charge in [0, 0.05) is 49.1 Å². The Kier molecular flexibility index (Phi) is 6.24. The molecule has 1 N–H and O–H groups in total. The van der Waals surface area contributed by atoms with Gasteiger partial charge in [-0.3, -0.25) is 9.80 Å². The molecule has 2 aromatic rings. The van der Waals surface area contributed by atoms with E-state index in [1.54, 1.807) is 18.4 Å². The molecular formula is C17H22BrN3O2S. The van der Waals surface area contributed by atoms with Crippen LogP contribution in [0, 0.1) is 0 Å². The first kappa shape index (κ1) is 17.8. The first-order valence-electron chi connectivity index (χ1n) is 8.03. The average Bonchev–Trinajstić information content (AvgIpc) is 3.05. The summed E-state index contributed by atoms with van der Waals surface area (Å²) in [5, 5.41) is 12.1. The highest BCUT2D eigenvalue weighted by Crippen LogP contribution is 2.34. The van der Waals surface area contributed by atoms with Crippen LogP contribution in [0.2, 0.25) is 0 Å². The fourth-order valence-corrected chi connectivity index (χ4v) is 4.08. The zero-order valence-electron chi connectivity index (χ0n) is 13.7. The maximum Gasteiger partial charge on any atom is 0.129 e. The molecule has 24 heavy (non-hydrogen) atoms. The van der Waals surface area contributed by atoms with Crippen molar-refractivity contribution in [3.63, 3.8) is 0 Å². The number of nitrogens with zero attached hydrogens (tertiary/aromatic N) is 3. The smallest absolute Gasteiger partial charge is 0.129 e. The first-order valence-corrected chi connectivity index (χ1v) is 9.70. The second-order valence-electron chi connectivity index (χ2n) is 5.83. The van der Waals surface area contributed by atoms with Crippen LogP contribution in [-0.2, 0) is 6.54 Å². The molecule has 0 saturated carbocycles. The number of ether oxygens (including phenoxy) is 1. The lowest BCUT2D eigenvalue weighted by atomic mass is 10.2. The number of aliphatic hydroxyl groups excluding tert-OH is 1. The van der Waals surface area contributed by atoms with E-state index in [1.807, 2.05) is 12.1 Å². The quantitative estimate of drug-likeness (QED) is 0.791. The molecule has 0 radical (unpaired) electrons. The van der Waals surface area contributed by atoms with Crippen LogP contribution in [0.5, 0.6) is 5.75 Å². The van der Waals surface area contributed by atoms with Gasteiger partial charge in [0.15, 0.2) is 0 Å². The van der Waals surface area contributed by atoms with Crippen molar-refractivity contribution in [2.24, 2.45) is 0 Å². The molecule has 1 aliphatic heterocycles. The number of piperazine rings is 1. The van der Waals surface area contributed by atoms with Crippen molar-refractivity contribution in [2.45, 2.75) is 6.54 Å². The summed E-state index contributed by atoms with van der Waals surface area (Å²) in [6.07, 6.45) is 0. The molecule has 0 amide bonds. The van der Waals surface area contributed by atoms with E-state index in [-0.39, 0.29) is 6.61 Å². The summed E-state index contributed by atoms with van der Waals surface area (Å²) in [6, 6.07) is 5.98. The number of methoxy groups -OCH3 is 1. The van der Waals surface area contributed by atoms with Gasteiger partial charge in [-0.25, -0.2) is 4.98 Å². The second kappa shape index (κ2) is 8.40. The standard InChI is InChI=1S/C17H22BrN3O2S/c1-23-16-3-2-13(18)10-15(16)17-19-14(12-24-17)11-21-6-4-20(5-7-21)8-9-22/h2-3,10,12,22H,4-9,11H2,1H3. The monoisotopic (exact) mass is 411 g/mol. The Bertz CT molecular complexity index is 672. The lowest BCUT2D eigenvalue weighted by Crippen LogP contribution is -2.46. The topological polar surface area (TPSA) is 48.8 Å². The van der Waals surface area contributed by atoms with Gasteiger partial charge in [0.1, 0.15) is 10.8 Å². The molecule has 1 saturated heterocycles. The Hall–Kier alpha value is -0.990. The third-order valence-electron chi connectivity index (χ3n) is 4.21. The summed E-state index contributed by atoms with van der Waals surface area (Å²) in [5.41, 5.74) is 2.13. The highest BCUT2D eigenvalue weighted by Gasteiger charge is 2.18. The van der Waals surface area contributed by atoms with E-state index in [0.717, 1.165) is 65.8 Å². The number of hydrogen-bond acceptors (Lipinski definition) is 6. The van der Waals surface area contributed by atoms with Crippen molar-refractivity contribution in [1.29, 1.82) is 0 Å². The van der Waals surface area contributed by atoms with Gasteiger partial charge < -0.3 is 9.84 Å². The largest absolute Gasteiger partial charge is 0.496 e. The summed E-state index contributed by atoms with van der Waals surface area (Å²) < 4.78 is 6.48. The maximum absolute atomic E-state index is 9.02. The zero-order chi connectivity index (χ0) is 16.9. The predicted molar refractivity (Wildman–Crippen MR) is 101 cm³/mol. The van der Waals surface area contributed by atoms with Crippen LogP contribution < -0.4 is 4.74 Å². The minimum Gasteiger partial charge on any atom is -0.496 e. The molecule has 0 aliphatic carbocycles. The third kappa shape index (κ3) is 4.34. The van der Waals surface area contributed by atoms with Crippen molar-refractivity contribution in [2.75, 3.05) is 46.4 Å². The normalized spacial score (nSPS) is 16.5. The Balaban J connectivity index is 1.65. The zero-order valence-corrected chi connectivity index (χ0v) is 16.1. The summed E-state index contributed by atoms with van der Waals surface area (Å²) in [6.45, 7) is 5.95. The second-order valence-corrected chi connectivity index (χ2v) is 7.60. The molecule has 0 bridgehead atoms. The third-order valence-corrected chi connectivity index (χ3v) is 5.63. The van der Waals surface area contributed by atoms with Crippen molar-refractivity contribution < 1.29 is 9.84 Å². The van der Waals surface area contributed by atoms with E-state index in [0.29, 0.717) is 0 Å². The molecule has 0 spiro atoms. The van der Waals surface area contributed by atoms with Gasteiger partial charge in [-0.2, -0.15) is 0 Å². The fraction of sp³-hybridized carbons (Fsp3) is 0.471.